The summed E-state index contributed by atoms with van der Waals surface area (Å²) in [5, 5.41) is 11.7. The summed E-state index contributed by atoms with van der Waals surface area (Å²) in [6, 6.07) is -0.370. The van der Waals surface area contributed by atoms with Gasteiger partial charge in [0.15, 0.2) is 0 Å². The molecule has 0 saturated carbocycles. The van der Waals surface area contributed by atoms with Crippen molar-refractivity contribution >= 4 is 5.97 Å². The minimum Gasteiger partial charge on any atom is -0.475 e. The number of carboxylic acid groups (broad SMARTS) is 1. The van der Waals surface area contributed by atoms with Gasteiger partial charge < -0.3 is 15.4 Å². The molecular formula is C7H11N3O3. The van der Waals surface area contributed by atoms with E-state index in [1.54, 1.807) is 0 Å². The predicted octanol–water partition coefficient (Wildman–Crippen LogP) is 0.568. The number of hydrogen-bond acceptors (Lipinski definition) is 5. The van der Waals surface area contributed by atoms with Crippen LogP contribution in [0.15, 0.2) is 4.52 Å². The first kappa shape index (κ1) is 9.66. The van der Waals surface area contributed by atoms with E-state index in [9.17, 15) is 4.79 Å². The molecule has 0 spiro atoms. The number of nitrogens with zero attached hydrogens (tertiary/aromatic N) is 2. The Hall–Kier alpha value is -1.43. The van der Waals surface area contributed by atoms with E-state index in [2.05, 4.69) is 14.7 Å². The quantitative estimate of drug-likeness (QED) is 0.710. The van der Waals surface area contributed by atoms with Crippen molar-refractivity contribution < 1.29 is 14.4 Å². The predicted molar refractivity (Wildman–Crippen MR) is 43.1 cm³/mol. The van der Waals surface area contributed by atoms with Gasteiger partial charge in [-0.2, -0.15) is 4.98 Å². The van der Waals surface area contributed by atoms with E-state index in [0.29, 0.717) is 6.42 Å². The van der Waals surface area contributed by atoms with Gasteiger partial charge in [-0.15, -0.1) is 0 Å². The molecule has 1 rings (SSSR count). The van der Waals surface area contributed by atoms with Gasteiger partial charge in [0.25, 0.3) is 5.82 Å². The van der Waals surface area contributed by atoms with Gasteiger partial charge in [-0.1, -0.05) is 13.3 Å². The number of hydrogen-bond donors (Lipinski definition) is 2. The summed E-state index contributed by atoms with van der Waals surface area (Å²) < 4.78 is 4.67. The van der Waals surface area contributed by atoms with E-state index >= 15 is 0 Å². The van der Waals surface area contributed by atoms with Crippen molar-refractivity contribution in [3.63, 3.8) is 0 Å². The van der Waals surface area contributed by atoms with Gasteiger partial charge >= 0.3 is 5.97 Å². The summed E-state index contributed by atoms with van der Waals surface area (Å²) >= 11 is 0. The Kier molecular flexibility index (Phi) is 2.97. The lowest BCUT2D eigenvalue weighted by atomic mass is 10.2. The molecule has 6 heteroatoms. The van der Waals surface area contributed by atoms with Crippen molar-refractivity contribution in [3.05, 3.63) is 11.7 Å². The smallest absolute Gasteiger partial charge is 0.377 e. The van der Waals surface area contributed by atoms with E-state index < -0.39 is 5.97 Å². The summed E-state index contributed by atoms with van der Waals surface area (Å²) in [5.41, 5.74) is 5.63. The molecule has 0 saturated heterocycles. The molecule has 0 bridgehead atoms. The van der Waals surface area contributed by atoms with E-state index in [4.69, 9.17) is 10.8 Å². The van der Waals surface area contributed by atoms with Crippen LogP contribution in [0.2, 0.25) is 0 Å². The topological polar surface area (TPSA) is 102 Å². The van der Waals surface area contributed by atoms with Crippen LogP contribution in [-0.2, 0) is 0 Å². The van der Waals surface area contributed by atoms with Gasteiger partial charge in [-0.05, 0) is 11.6 Å². The fraction of sp³-hybridized carbons (Fsp3) is 0.571. The van der Waals surface area contributed by atoms with Gasteiger partial charge in [0.2, 0.25) is 5.89 Å². The second kappa shape index (κ2) is 3.99. The third-order valence-electron chi connectivity index (χ3n) is 1.55. The fourth-order valence-corrected chi connectivity index (χ4v) is 0.907. The van der Waals surface area contributed by atoms with Crippen molar-refractivity contribution in [2.45, 2.75) is 25.8 Å². The van der Waals surface area contributed by atoms with Crippen molar-refractivity contribution in [1.82, 2.24) is 10.1 Å². The average Bonchev–Trinajstić information content (AvgIpc) is 2.52. The average molecular weight is 185 g/mol. The maximum atomic E-state index is 10.4. The summed E-state index contributed by atoms with van der Waals surface area (Å²) in [6.45, 7) is 1.97. The second-order valence-corrected chi connectivity index (χ2v) is 2.66. The third-order valence-corrected chi connectivity index (χ3v) is 1.55. The monoisotopic (exact) mass is 185 g/mol. The maximum Gasteiger partial charge on any atom is 0.377 e. The SMILES string of the molecule is CCC[C@H](N)c1nc(C(=O)O)no1. The molecule has 1 heterocycles. The number of carbonyl (C=O) groups is 1. The molecule has 0 fully saturated rings. The lowest BCUT2D eigenvalue weighted by molar-refractivity contribution is 0.0680. The highest BCUT2D eigenvalue weighted by Crippen LogP contribution is 2.12. The van der Waals surface area contributed by atoms with Crippen molar-refractivity contribution in [2.75, 3.05) is 0 Å². The van der Waals surface area contributed by atoms with Gasteiger partial charge in [0.05, 0.1) is 6.04 Å². The minimum absolute atomic E-state index is 0.180. The van der Waals surface area contributed by atoms with E-state index in [1.807, 2.05) is 6.92 Å². The summed E-state index contributed by atoms with van der Waals surface area (Å²) in [5.74, 6) is -1.38. The van der Waals surface area contributed by atoms with Gasteiger partial charge in [0.1, 0.15) is 0 Å². The van der Waals surface area contributed by atoms with Crippen molar-refractivity contribution in [1.29, 1.82) is 0 Å². The lowest BCUT2D eigenvalue weighted by Crippen LogP contribution is -2.10. The first-order chi connectivity index (χ1) is 6.15. The normalized spacial score (nSPS) is 12.8. The standard InChI is InChI=1S/C7H11N3O3/c1-2-3-4(8)6-9-5(7(11)12)10-13-6/h4H,2-3,8H2,1H3,(H,11,12)/t4-/m0/s1. The molecule has 1 atom stereocenters. The zero-order chi connectivity index (χ0) is 9.84. The number of aromatic nitrogens is 2. The Morgan fingerprint density at radius 3 is 2.92 bits per heavy atom. The van der Waals surface area contributed by atoms with Crippen LogP contribution in [0.1, 0.15) is 42.3 Å². The van der Waals surface area contributed by atoms with E-state index in [0.717, 1.165) is 6.42 Å². The molecule has 0 amide bonds. The van der Waals surface area contributed by atoms with Crippen LogP contribution >= 0.6 is 0 Å². The molecule has 3 N–H and O–H groups in total. The van der Waals surface area contributed by atoms with Crippen LogP contribution in [0.25, 0.3) is 0 Å². The van der Waals surface area contributed by atoms with Crippen LogP contribution < -0.4 is 5.73 Å². The van der Waals surface area contributed by atoms with Crippen molar-refractivity contribution in [2.24, 2.45) is 5.73 Å². The van der Waals surface area contributed by atoms with Gasteiger partial charge in [0, 0.05) is 0 Å². The maximum absolute atomic E-state index is 10.4. The van der Waals surface area contributed by atoms with Crippen LogP contribution in [0.3, 0.4) is 0 Å². The Bertz CT molecular complexity index is 297. The molecule has 1 aromatic rings. The van der Waals surface area contributed by atoms with Gasteiger partial charge in [-0.3, -0.25) is 0 Å². The first-order valence-corrected chi connectivity index (χ1v) is 3.97. The van der Waals surface area contributed by atoms with Crippen LogP contribution in [-0.4, -0.2) is 21.2 Å². The van der Waals surface area contributed by atoms with Crippen molar-refractivity contribution in [3.8, 4) is 0 Å². The molecule has 6 nitrogen and oxygen atoms in total. The molecule has 0 aliphatic carbocycles. The molecule has 0 unspecified atom stereocenters. The summed E-state index contributed by atoms with van der Waals surface area (Å²) in [4.78, 5) is 14.0. The number of nitrogens with two attached hydrogens (primary N) is 1. The first-order valence-electron chi connectivity index (χ1n) is 3.97. The Labute approximate surface area is 74.7 Å². The zero-order valence-electron chi connectivity index (χ0n) is 7.23. The zero-order valence-corrected chi connectivity index (χ0v) is 7.23. The molecule has 72 valence electrons. The van der Waals surface area contributed by atoms with Crippen LogP contribution in [0.5, 0.6) is 0 Å². The largest absolute Gasteiger partial charge is 0.475 e. The Balaban J connectivity index is 2.73. The van der Waals surface area contributed by atoms with Gasteiger partial charge in [-0.25, -0.2) is 4.79 Å². The van der Waals surface area contributed by atoms with Crippen LogP contribution in [0, 0.1) is 0 Å². The number of aromatic carboxylic acids is 1. The summed E-state index contributed by atoms with van der Waals surface area (Å²) in [6.07, 6.45) is 1.58. The van der Waals surface area contributed by atoms with E-state index in [-0.39, 0.29) is 17.8 Å². The molecule has 0 aromatic carbocycles. The van der Waals surface area contributed by atoms with Crippen LogP contribution in [0.4, 0.5) is 0 Å². The highest BCUT2D eigenvalue weighted by Gasteiger charge is 2.17. The number of carboxylic acids is 1. The van der Waals surface area contributed by atoms with E-state index in [1.165, 1.54) is 0 Å². The molecular weight excluding hydrogens is 174 g/mol. The molecule has 0 radical (unpaired) electrons. The number of rotatable bonds is 4. The summed E-state index contributed by atoms with van der Waals surface area (Å²) in [7, 11) is 0. The molecule has 0 aliphatic heterocycles. The molecule has 13 heavy (non-hydrogen) atoms. The molecule has 0 aliphatic rings. The highest BCUT2D eigenvalue weighted by molar-refractivity contribution is 5.82. The fourth-order valence-electron chi connectivity index (χ4n) is 0.907. The Morgan fingerprint density at radius 2 is 2.46 bits per heavy atom. The third kappa shape index (κ3) is 2.25. The lowest BCUT2D eigenvalue weighted by Gasteiger charge is -2.01. The minimum atomic E-state index is -1.21. The second-order valence-electron chi connectivity index (χ2n) is 2.66. The highest BCUT2D eigenvalue weighted by atomic mass is 16.5. The Morgan fingerprint density at radius 1 is 1.77 bits per heavy atom. The molecule has 1 aromatic heterocycles.